The van der Waals surface area contributed by atoms with Crippen LogP contribution in [0.25, 0.3) is 11.0 Å². The Balaban J connectivity index is 1.76. The smallest absolute Gasteiger partial charge is 0.264 e. The van der Waals surface area contributed by atoms with Gasteiger partial charge >= 0.3 is 0 Å². The van der Waals surface area contributed by atoms with Crippen molar-refractivity contribution >= 4 is 55.9 Å². The van der Waals surface area contributed by atoms with Crippen molar-refractivity contribution in [1.82, 2.24) is 14.9 Å². The molecule has 1 fully saturated rings. The second-order valence-corrected chi connectivity index (χ2v) is 8.97. The number of aromatic nitrogens is 2. The van der Waals surface area contributed by atoms with Crippen LogP contribution in [0.4, 0.5) is 5.69 Å². The molecule has 2 aromatic carbocycles. The van der Waals surface area contributed by atoms with E-state index in [0.29, 0.717) is 31.8 Å². The van der Waals surface area contributed by atoms with Crippen LogP contribution in [0.15, 0.2) is 47.6 Å². The maximum Gasteiger partial charge on any atom is 0.264 e. The molecular weight excluding hydrogens is 451 g/mol. The van der Waals surface area contributed by atoms with Crippen LogP contribution in [0.3, 0.4) is 0 Å². The third-order valence-electron chi connectivity index (χ3n) is 4.58. The first-order valence-corrected chi connectivity index (χ1v) is 11.2. The van der Waals surface area contributed by atoms with Crippen molar-refractivity contribution < 1.29 is 17.9 Å². The lowest BCUT2D eigenvalue weighted by Gasteiger charge is -2.27. The van der Waals surface area contributed by atoms with Crippen LogP contribution in [0.2, 0.25) is 10.0 Å². The van der Waals surface area contributed by atoms with Crippen molar-refractivity contribution in [2.75, 3.05) is 31.0 Å². The number of carbonyl (C=O) groups excluding carboxylic acids is 1. The maximum absolute atomic E-state index is 13.2. The topological polar surface area (TPSA) is 101 Å². The number of anilines is 1. The highest BCUT2D eigenvalue weighted by Crippen LogP contribution is 2.32. The van der Waals surface area contributed by atoms with Crippen LogP contribution in [0.1, 0.15) is 10.4 Å². The van der Waals surface area contributed by atoms with Gasteiger partial charge in [-0.05, 0) is 24.3 Å². The molecule has 0 unspecified atom stereocenters. The lowest BCUT2D eigenvalue weighted by Crippen LogP contribution is -2.41. The molecule has 1 N–H and O–H groups in total. The van der Waals surface area contributed by atoms with E-state index in [0.717, 1.165) is 0 Å². The number of morpholine rings is 1. The van der Waals surface area contributed by atoms with Crippen LogP contribution in [-0.2, 0) is 14.8 Å². The molecule has 0 saturated carbocycles. The van der Waals surface area contributed by atoms with Crippen LogP contribution >= 0.6 is 23.2 Å². The molecule has 8 nitrogen and oxygen atoms in total. The van der Waals surface area contributed by atoms with E-state index in [1.165, 1.54) is 30.6 Å². The van der Waals surface area contributed by atoms with Gasteiger partial charge < -0.3 is 9.64 Å². The van der Waals surface area contributed by atoms with Gasteiger partial charge in [0.25, 0.3) is 15.9 Å². The van der Waals surface area contributed by atoms with Crippen molar-refractivity contribution in [1.29, 1.82) is 0 Å². The van der Waals surface area contributed by atoms with Gasteiger partial charge in [-0.2, -0.15) is 0 Å². The van der Waals surface area contributed by atoms with Gasteiger partial charge in [-0.15, -0.1) is 0 Å². The molecule has 0 atom stereocenters. The van der Waals surface area contributed by atoms with E-state index in [9.17, 15) is 13.2 Å². The van der Waals surface area contributed by atoms with Gasteiger partial charge in [-0.25, -0.2) is 8.42 Å². The minimum Gasteiger partial charge on any atom is -0.378 e. The summed E-state index contributed by atoms with van der Waals surface area (Å²) in [5.74, 6) is -0.368. The SMILES string of the molecule is O=C(c1cc(Cl)c(Cl)cc1NS(=O)(=O)c1cccc2nccnc12)N1CCOCC1. The van der Waals surface area contributed by atoms with Gasteiger partial charge in [-0.3, -0.25) is 19.5 Å². The van der Waals surface area contributed by atoms with Crippen molar-refractivity contribution in [3.05, 3.63) is 58.3 Å². The molecule has 4 rings (SSSR count). The zero-order chi connectivity index (χ0) is 21.3. The Morgan fingerprint density at radius 3 is 2.53 bits per heavy atom. The van der Waals surface area contributed by atoms with Gasteiger partial charge in [0, 0.05) is 25.5 Å². The second kappa shape index (κ2) is 8.35. The molecule has 0 bridgehead atoms. The summed E-state index contributed by atoms with van der Waals surface area (Å²) in [6, 6.07) is 7.34. The third-order valence-corrected chi connectivity index (χ3v) is 6.70. The van der Waals surface area contributed by atoms with Crippen LogP contribution < -0.4 is 4.72 Å². The number of benzene rings is 2. The lowest BCUT2D eigenvalue weighted by atomic mass is 10.1. The molecule has 2 heterocycles. The fourth-order valence-electron chi connectivity index (χ4n) is 3.13. The molecule has 1 amide bonds. The monoisotopic (exact) mass is 466 g/mol. The Morgan fingerprint density at radius 2 is 1.77 bits per heavy atom. The van der Waals surface area contributed by atoms with Gasteiger partial charge in [0.15, 0.2) is 0 Å². The number of ether oxygens (including phenoxy) is 1. The van der Waals surface area contributed by atoms with Gasteiger partial charge in [0.05, 0.1) is 40.0 Å². The number of amides is 1. The molecule has 1 aromatic heterocycles. The molecule has 3 aromatic rings. The van der Waals surface area contributed by atoms with Crippen LogP contribution in [0.5, 0.6) is 0 Å². The zero-order valence-electron chi connectivity index (χ0n) is 15.5. The molecule has 30 heavy (non-hydrogen) atoms. The van der Waals surface area contributed by atoms with E-state index < -0.39 is 10.0 Å². The number of rotatable bonds is 4. The first-order valence-electron chi connectivity index (χ1n) is 8.95. The number of nitrogens with one attached hydrogen (secondary N) is 1. The summed E-state index contributed by atoms with van der Waals surface area (Å²) in [6.07, 6.45) is 2.89. The number of hydrogen-bond acceptors (Lipinski definition) is 6. The molecule has 156 valence electrons. The fourth-order valence-corrected chi connectivity index (χ4v) is 4.69. The minimum absolute atomic E-state index is 0.0294. The molecule has 1 saturated heterocycles. The Labute approximate surface area is 182 Å². The predicted molar refractivity (Wildman–Crippen MR) is 114 cm³/mol. The number of sulfonamides is 1. The number of carbonyl (C=O) groups is 1. The predicted octanol–water partition coefficient (Wildman–Crippen LogP) is 3.21. The zero-order valence-corrected chi connectivity index (χ0v) is 17.8. The van der Waals surface area contributed by atoms with Gasteiger partial charge in [-0.1, -0.05) is 29.3 Å². The van der Waals surface area contributed by atoms with Crippen molar-refractivity contribution in [2.45, 2.75) is 4.90 Å². The summed E-state index contributed by atoms with van der Waals surface area (Å²) < 4.78 is 34.1. The van der Waals surface area contributed by atoms with Crippen LogP contribution in [-0.4, -0.2) is 55.5 Å². The summed E-state index contributed by atoms with van der Waals surface area (Å²) in [6.45, 7) is 1.60. The van der Waals surface area contributed by atoms with Crippen molar-refractivity contribution in [3.63, 3.8) is 0 Å². The average molecular weight is 467 g/mol. The summed E-state index contributed by atoms with van der Waals surface area (Å²) >= 11 is 12.2. The van der Waals surface area contributed by atoms with Crippen LogP contribution in [0, 0.1) is 0 Å². The van der Waals surface area contributed by atoms with Crippen molar-refractivity contribution in [3.8, 4) is 0 Å². The largest absolute Gasteiger partial charge is 0.378 e. The summed E-state index contributed by atoms with van der Waals surface area (Å²) in [4.78, 5) is 22.8. The maximum atomic E-state index is 13.2. The molecule has 11 heteroatoms. The van der Waals surface area contributed by atoms with E-state index in [1.54, 1.807) is 17.0 Å². The number of fused-ring (bicyclic) bond motifs is 1. The third kappa shape index (κ3) is 4.06. The average Bonchev–Trinajstić information content (AvgIpc) is 2.75. The Hall–Kier alpha value is -2.46. The number of para-hydroxylation sites is 1. The molecule has 1 aliphatic rings. The summed E-state index contributed by atoms with van der Waals surface area (Å²) in [7, 11) is -4.11. The standard InChI is InChI=1S/C19H16Cl2N4O4S/c20-13-10-12(19(26)25-6-8-29-9-7-25)16(11-14(13)21)24-30(27,28)17-3-1-2-15-18(17)23-5-4-22-15/h1-5,10-11,24H,6-9H2. The molecule has 0 radical (unpaired) electrons. The van der Waals surface area contributed by atoms with E-state index in [-0.39, 0.29) is 37.6 Å². The molecule has 1 aliphatic heterocycles. The van der Waals surface area contributed by atoms with E-state index in [2.05, 4.69) is 14.7 Å². The van der Waals surface area contributed by atoms with E-state index in [1.807, 2.05) is 0 Å². The van der Waals surface area contributed by atoms with Crippen molar-refractivity contribution in [2.24, 2.45) is 0 Å². The summed E-state index contributed by atoms with van der Waals surface area (Å²) in [5.41, 5.74) is 0.774. The quantitative estimate of drug-likeness (QED) is 0.633. The highest BCUT2D eigenvalue weighted by atomic mass is 35.5. The fraction of sp³-hybridized carbons (Fsp3) is 0.211. The second-order valence-electron chi connectivity index (χ2n) is 6.50. The number of halogens is 2. The number of hydrogen-bond donors (Lipinski definition) is 1. The summed E-state index contributed by atoms with van der Waals surface area (Å²) in [5, 5.41) is 0.262. The Kier molecular flexibility index (Phi) is 5.79. The highest BCUT2D eigenvalue weighted by Gasteiger charge is 2.26. The Bertz CT molecular complexity index is 1230. The minimum atomic E-state index is -4.11. The molecular formula is C19H16Cl2N4O4S. The molecule has 0 aliphatic carbocycles. The Morgan fingerprint density at radius 1 is 1.07 bits per heavy atom. The highest BCUT2D eigenvalue weighted by molar-refractivity contribution is 7.93. The number of nitrogens with zero attached hydrogens (tertiary/aromatic N) is 3. The van der Waals surface area contributed by atoms with Gasteiger partial charge in [0.1, 0.15) is 10.4 Å². The normalized spacial score (nSPS) is 14.7. The first kappa shape index (κ1) is 20.8. The first-order chi connectivity index (χ1) is 14.4. The van der Waals surface area contributed by atoms with E-state index in [4.69, 9.17) is 27.9 Å². The molecule has 0 spiro atoms. The van der Waals surface area contributed by atoms with E-state index >= 15 is 0 Å². The lowest BCUT2D eigenvalue weighted by molar-refractivity contribution is 0.0303. The van der Waals surface area contributed by atoms with Gasteiger partial charge in [0.2, 0.25) is 0 Å².